The molecule has 2 aromatic heterocycles. The van der Waals surface area contributed by atoms with E-state index in [9.17, 15) is 0 Å². The number of hydrogen-bond donors (Lipinski definition) is 0. The lowest BCUT2D eigenvalue weighted by molar-refractivity contribution is 0.271. The standard InChI is InChI=1S/C6H5N3O/c1-2-5-6-3-7-4-9(6)10-8-5/h2-4H,1H2. The van der Waals surface area contributed by atoms with Crippen LogP contribution in [0.25, 0.3) is 11.6 Å². The van der Waals surface area contributed by atoms with Crippen LogP contribution in [0.3, 0.4) is 0 Å². The predicted octanol–water partition coefficient (Wildman–Crippen LogP) is 0.965. The third-order valence-electron chi connectivity index (χ3n) is 1.29. The fourth-order valence-electron chi connectivity index (χ4n) is 0.804. The van der Waals surface area contributed by atoms with Gasteiger partial charge in [-0.15, -0.1) is 4.57 Å². The summed E-state index contributed by atoms with van der Waals surface area (Å²) in [6.45, 7) is 3.57. The Morgan fingerprint density at radius 1 is 1.70 bits per heavy atom. The highest BCUT2D eigenvalue weighted by Gasteiger charge is 2.02. The third kappa shape index (κ3) is 0.500. The van der Waals surface area contributed by atoms with E-state index in [0.717, 1.165) is 11.2 Å². The van der Waals surface area contributed by atoms with Crippen molar-refractivity contribution < 1.29 is 4.63 Å². The van der Waals surface area contributed by atoms with E-state index in [1.54, 1.807) is 18.6 Å². The van der Waals surface area contributed by atoms with Gasteiger partial charge in [0.05, 0.1) is 6.20 Å². The minimum absolute atomic E-state index is 0.720. The van der Waals surface area contributed by atoms with Gasteiger partial charge in [-0.2, -0.15) is 0 Å². The van der Waals surface area contributed by atoms with Crippen LogP contribution in [0.2, 0.25) is 0 Å². The molecule has 4 heteroatoms. The summed E-state index contributed by atoms with van der Waals surface area (Å²) >= 11 is 0. The normalized spacial score (nSPS) is 10.4. The molecule has 2 aromatic rings. The summed E-state index contributed by atoms with van der Waals surface area (Å²) < 4.78 is 6.30. The molecule has 0 amide bonds. The van der Waals surface area contributed by atoms with Crippen LogP contribution in [0.5, 0.6) is 0 Å². The Balaban J connectivity index is 2.88. The molecule has 2 heterocycles. The van der Waals surface area contributed by atoms with Crippen molar-refractivity contribution in [2.24, 2.45) is 0 Å². The number of imidazole rings is 1. The summed E-state index contributed by atoms with van der Waals surface area (Å²) in [6, 6.07) is 0. The quantitative estimate of drug-likeness (QED) is 0.585. The Hall–Kier alpha value is -1.58. The lowest BCUT2D eigenvalue weighted by Crippen LogP contribution is -1.68. The molecule has 0 N–H and O–H groups in total. The van der Waals surface area contributed by atoms with E-state index in [2.05, 4.69) is 16.7 Å². The molecule has 0 aliphatic rings. The largest absolute Gasteiger partial charge is 0.261 e. The van der Waals surface area contributed by atoms with Gasteiger partial charge in [0.2, 0.25) is 0 Å². The maximum absolute atomic E-state index is 4.81. The van der Waals surface area contributed by atoms with Crippen LogP contribution in [0.15, 0.2) is 23.7 Å². The van der Waals surface area contributed by atoms with E-state index in [1.165, 1.54) is 4.57 Å². The zero-order valence-electron chi connectivity index (χ0n) is 5.19. The van der Waals surface area contributed by atoms with Gasteiger partial charge in [0.15, 0.2) is 0 Å². The van der Waals surface area contributed by atoms with Crippen molar-refractivity contribution in [3.8, 4) is 0 Å². The minimum Gasteiger partial charge on any atom is -0.261 e. The Morgan fingerprint density at radius 3 is 3.40 bits per heavy atom. The van der Waals surface area contributed by atoms with Crippen molar-refractivity contribution in [2.75, 3.05) is 0 Å². The Labute approximate surface area is 56.7 Å². The molecule has 0 saturated heterocycles. The number of aromatic nitrogens is 3. The smallest absolute Gasteiger partial charge is 0.135 e. The molecule has 50 valence electrons. The van der Waals surface area contributed by atoms with Crippen LogP contribution in [0, 0.1) is 0 Å². The first-order valence-corrected chi connectivity index (χ1v) is 2.82. The van der Waals surface area contributed by atoms with Gasteiger partial charge in [0, 0.05) is 0 Å². The number of rotatable bonds is 1. The Kier molecular flexibility index (Phi) is 0.887. The van der Waals surface area contributed by atoms with Gasteiger partial charge in [-0.1, -0.05) is 11.7 Å². The molecule has 0 aliphatic heterocycles. The van der Waals surface area contributed by atoms with Crippen molar-refractivity contribution >= 4 is 11.6 Å². The third-order valence-corrected chi connectivity index (χ3v) is 1.29. The van der Waals surface area contributed by atoms with Gasteiger partial charge >= 0.3 is 0 Å². The number of nitrogens with zero attached hydrogens (tertiary/aromatic N) is 3. The van der Waals surface area contributed by atoms with Crippen molar-refractivity contribution in [1.29, 1.82) is 0 Å². The van der Waals surface area contributed by atoms with Crippen molar-refractivity contribution in [1.82, 2.24) is 14.7 Å². The maximum atomic E-state index is 4.81. The summed E-state index contributed by atoms with van der Waals surface area (Å²) in [5.41, 5.74) is 1.56. The summed E-state index contributed by atoms with van der Waals surface area (Å²) in [4.78, 5) is 3.85. The average molecular weight is 135 g/mol. The highest BCUT2D eigenvalue weighted by molar-refractivity contribution is 5.62. The molecule has 0 fully saturated rings. The second-order valence-electron chi connectivity index (χ2n) is 1.87. The van der Waals surface area contributed by atoms with Crippen molar-refractivity contribution in [3.63, 3.8) is 0 Å². The van der Waals surface area contributed by atoms with E-state index in [1.807, 2.05) is 0 Å². The van der Waals surface area contributed by atoms with E-state index in [0.29, 0.717) is 0 Å². The predicted molar refractivity (Wildman–Crippen MR) is 35.3 cm³/mol. The molecular weight excluding hydrogens is 130 g/mol. The highest BCUT2D eigenvalue weighted by atomic mass is 16.6. The molecule has 0 spiro atoms. The van der Waals surface area contributed by atoms with E-state index in [-0.39, 0.29) is 0 Å². The molecule has 4 nitrogen and oxygen atoms in total. The van der Waals surface area contributed by atoms with Crippen LogP contribution < -0.4 is 0 Å². The van der Waals surface area contributed by atoms with Gasteiger partial charge in [0.1, 0.15) is 17.5 Å². The van der Waals surface area contributed by atoms with Crippen LogP contribution in [0.4, 0.5) is 0 Å². The maximum Gasteiger partial charge on any atom is 0.135 e. The summed E-state index contributed by atoms with van der Waals surface area (Å²) in [5.74, 6) is 0. The summed E-state index contributed by atoms with van der Waals surface area (Å²) in [6.07, 6.45) is 4.85. The van der Waals surface area contributed by atoms with Crippen LogP contribution in [-0.2, 0) is 0 Å². The monoisotopic (exact) mass is 135 g/mol. The minimum atomic E-state index is 0.720. The van der Waals surface area contributed by atoms with E-state index in [4.69, 9.17) is 4.63 Å². The zero-order valence-corrected chi connectivity index (χ0v) is 5.19. The SMILES string of the molecule is C=Cc1non2cncc12. The molecule has 0 saturated carbocycles. The lowest BCUT2D eigenvalue weighted by Gasteiger charge is -1.73. The first kappa shape index (κ1) is 5.22. The van der Waals surface area contributed by atoms with E-state index < -0.39 is 0 Å². The Morgan fingerprint density at radius 2 is 2.60 bits per heavy atom. The molecule has 0 atom stereocenters. The Bertz CT molecular complexity index is 360. The topological polar surface area (TPSA) is 43.3 Å². The molecule has 0 aromatic carbocycles. The van der Waals surface area contributed by atoms with Gasteiger partial charge in [-0.3, -0.25) is 4.63 Å². The van der Waals surface area contributed by atoms with Gasteiger partial charge in [0.25, 0.3) is 0 Å². The molecule has 2 rings (SSSR count). The first-order chi connectivity index (χ1) is 4.92. The average Bonchev–Trinajstić information content (AvgIpc) is 2.44. The van der Waals surface area contributed by atoms with Crippen molar-refractivity contribution in [2.45, 2.75) is 0 Å². The van der Waals surface area contributed by atoms with Crippen LogP contribution in [-0.4, -0.2) is 14.7 Å². The van der Waals surface area contributed by atoms with Gasteiger partial charge in [-0.25, -0.2) is 4.98 Å². The second kappa shape index (κ2) is 1.70. The fraction of sp³-hybridized carbons (Fsp3) is 0. The number of hydrogen-bond acceptors (Lipinski definition) is 3. The van der Waals surface area contributed by atoms with Crippen molar-refractivity contribution in [3.05, 3.63) is 24.8 Å². The first-order valence-electron chi connectivity index (χ1n) is 2.82. The highest BCUT2D eigenvalue weighted by Crippen LogP contribution is 2.07. The van der Waals surface area contributed by atoms with Crippen LogP contribution >= 0.6 is 0 Å². The lowest BCUT2D eigenvalue weighted by atomic mass is 10.4. The zero-order chi connectivity index (χ0) is 6.97. The van der Waals surface area contributed by atoms with Crippen LogP contribution in [0.1, 0.15) is 5.69 Å². The fourth-order valence-corrected chi connectivity index (χ4v) is 0.804. The molecule has 0 bridgehead atoms. The van der Waals surface area contributed by atoms with Gasteiger partial charge < -0.3 is 0 Å². The molecule has 0 radical (unpaired) electrons. The molecular formula is C6H5N3O. The summed E-state index contributed by atoms with van der Waals surface area (Å²) in [7, 11) is 0. The molecule has 0 unspecified atom stereocenters. The molecule has 0 aliphatic carbocycles. The van der Waals surface area contributed by atoms with Gasteiger partial charge in [-0.05, 0) is 6.08 Å². The molecule has 10 heavy (non-hydrogen) atoms. The number of fused-ring (bicyclic) bond motifs is 1. The van der Waals surface area contributed by atoms with E-state index >= 15 is 0 Å². The second-order valence-corrected chi connectivity index (χ2v) is 1.87. The summed E-state index contributed by atoms with van der Waals surface area (Å²) in [5, 5.41) is 3.70.